The van der Waals surface area contributed by atoms with Crippen LogP contribution in [0.15, 0.2) is 6.07 Å². The van der Waals surface area contributed by atoms with Gasteiger partial charge < -0.3 is 11.1 Å². The first-order valence-corrected chi connectivity index (χ1v) is 6.41. The number of aromatic nitrogens is 2. The van der Waals surface area contributed by atoms with E-state index in [1.807, 2.05) is 11.8 Å². The Bertz CT molecular complexity index is 321. The fraction of sp³-hybridized carbons (Fsp3) is 0.556. The van der Waals surface area contributed by atoms with Gasteiger partial charge in [0.1, 0.15) is 11.0 Å². The first-order valence-electron chi connectivity index (χ1n) is 4.88. The second kappa shape index (κ2) is 4.90. The maximum absolute atomic E-state index is 5.79. The summed E-state index contributed by atoms with van der Waals surface area (Å²) in [4.78, 5) is 7.90. The number of thioether (sulfide) groups is 1. The van der Waals surface area contributed by atoms with Crippen molar-refractivity contribution < 1.29 is 0 Å². The Balaban J connectivity index is 2.02. The first-order chi connectivity index (χ1) is 7.24. The van der Waals surface area contributed by atoms with Gasteiger partial charge in [-0.25, -0.2) is 4.98 Å². The fourth-order valence-electron chi connectivity index (χ4n) is 1.57. The third-order valence-electron chi connectivity index (χ3n) is 2.22. The lowest BCUT2D eigenvalue weighted by Crippen LogP contribution is -2.26. The molecule has 6 heteroatoms. The third kappa shape index (κ3) is 3.14. The van der Waals surface area contributed by atoms with Crippen LogP contribution >= 0.6 is 23.4 Å². The molecule has 1 aliphatic heterocycles. The second-order valence-corrected chi connectivity index (χ2v) is 5.03. The monoisotopic (exact) mass is 244 g/mol. The quantitative estimate of drug-likeness (QED) is 0.780. The molecular formula is C9H13ClN4S. The molecule has 0 spiro atoms. The highest BCUT2D eigenvalue weighted by molar-refractivity contribution is 7.99. The summed E-state index contributed by atoms with van der Waals surface area (Å²) >= 11 is 7.75. The Morgan fingerprint density at radius 3 is 3.07 bits per heavy atom. The number of hydrogen-bond acceptors (Lipinski definition) is 5. The van der Waals surface area contributed by atoms with Gasteiger partial charge in [-0.2, -0.15) is 16.7 Å². The highest BCUT2D eigenvalue weighted by atomic mass is 35.5. The minimum Gasteiger partial charge on any atom is -0.368 e. The Morgan fingerprint density at radius 1 is 1.53 bits per heavy atom. The molecule has 1 atom stereocenters. The number of nitrogens with zero attached hydrogens (tertiary/aromatic N) is 2. The van der Waals surface area contributed by atoms with E-state index in [0.29, 0.717) is 11.2 Å². The van der Waals surface area contributed by atoms with Crippen molar-refractivity contribution in [2.24, 2.45) is 0 Å². The topological polar surface area (TPSA) is 63.8 Å². The van der Waals surface area contributed by atoms with Gasteiger partial charge in [-0.3, -0.25) is 0 Å². The van der Waals surface area contributed by atoms with E-state index >= 15 is 0 Å². The van der Waals surface area contributed by atoms with Crippen LogP contribution in [0, 0.1) is 0 Å². The van der Waals surface area contributed by atoms with Crippen LogP contribution in [0.25, 0.3) is 0 Å². The normalized spacial score (nSPS) is 21.3. The number of anilines is 2. The van der Waals surface area contributed by atoms with Crippen LogP contribution in [-0.4, -0.2) is 27.5 Å². The molecule has 15 heavy (non-hydrogen) atoms. The third-order valence-corrected chi connectivity index (χ3v) is 3.63. The van der Waals surface area contributed by atoms with Crippen molar-refractivity contribution >= 4 is 35.1 Å². The first kappa shape index (κ1) is 10.8. The lowest BCUT2D eigenvalue weighted by molar-refractivity contribution is 0.682. The Kier molecular flexibility index (Phi) is 3.53. The molecule has 4 nitrogen and oxygen atoms in total. The van der Waals surface area contributed by atoms with Gasteiger partial charge in [0, 0.05) is 17.9 Å². The van der Waals surface area contributed by atoms with E-state index in [1.54, 1.807) is 6.07 Å². The van der Waals surface area contributed by atoms with Gasteiger partial charge >= 0.3 is 0 Å². The zero-order valence-electron chi connectivity index (χ0n) is 8.24. The number of nitrogen functional groups attached to an aromatic ring is 1. The molecule has 82 valence electrons. The molecule has 1 aromatic heterocycles. The van der Waals surface area contributed by atoms with Gasteiger partial charge in [0.2, 0.25) is 5.95 Å². The highest BCUT2D eigenvalue weighted by Gasteiger charge is 2.14. The molecule has 2 heterocycles. The lowest BCUT2D eigenvalue weighted by atomic mass is 10.2. The largest absolute Gasteiger partial charge is 0.368 e. The molecule has 0 unspecified atom stereocenters. The summed E-state index contributed by atoms with van der Waals surface area (Å²) in [5, 5.41) is 3.71. The van der Waals surface area contributed by atoms with Gasteiger partial charge in [0.05, 0.1) is 0 Å². The minimum absolute atomic E-state index is 0.216. The summed E-state index contributed by atoms with van der Waals surface area (Å²) in [5.74, 6) is 3.31. The standard InChI is InChI=1S/C9H13ClN4S/c10-7-4-8(14-9(11)13-7)12-6-2-1-3-15-5-6/h4,6H,1-3,5H2,(H3,11,12,13,14)/t6-/m1/s1. The van der Waals surface area contributed by atoms with Crippen molar-refractivity contribution in [1.82, 2.24) is 9.97 Å². The molecule has 0 aromatic carbocycles. The molecule has 0 aliphatic carbocycles. The summed E-state index contributed by atoms with van der Waals surface area (Å²) in [6.07, 6.45) is 2.42. The summed E-state index contributed by atoms with van der Waals surface area (Å²) in [5.41, 5.74) is 5.51. The number of rotatable bonds is 2. The Labute approximate surface area is 98.0 Å². The predicted octanol–water partition coefficient (Wildman–Crippen LogP) is 2.02. The molecule has 1 fully saturated rings. The maximum atomic E-state index is 5.79. The summed E-state index contributed by atoms with van der Waals surface area (Å²) in [6, 6.07) is 2.17. The van der Waals surface area contributed by atoms with Crippen LogP contribution < -0.4 is 11.1 Å². The fourth-order valence-corrected chi connectivity index (χ4v) is 2.83. The zero-order chi connectivity index (χ0) is 10.7. The number of hydrogen-bond donors (Lipinski definition) is 2. The van der Waals surface area contributed by atoms with Gasteiger partial charge in [-0.05, 0) is 18.6 Å². The van der Waals surface area contributed by atoms with E-state index in [1.165, 1.54) is 18.6 Å². The Morgan fingerprint density at radius 2 is 2.40 bits per heavy atom. The summed E-state index contributed by atoms with van der Waals surface area (Å²) < 4.78 is 0. The van der Waals surface area contributed by atoms with E-state index in [0.717, 1.165) is 11.6 Å². The van der Waals surface area contributed by atoms with Crippen LogP contribution in [0.5, 0.6) is 0 Å². The van der Waals surface area contributed by atoms with Crippen LogP contribution in [0.3, 0.4) is 0 Å². The van der Waals surface area contributed by atoms with Crippen molar-refractivity contribution in [3.05, 3.63) is 11.2 Å². The predicted molar refractivity (Wildman–Crippen MR) is 65.4 cm³/mol. The Hall–Kier alpha value is -0.680. The maximum Gasteiger partial charge on any atom is 0.223 e. The zero-order valence-corrected chi connectivity index (χ0v) is 9.81. The lowest BCUT2D eigenvalue weighted by Gasteiger charge is -2.22. The van der Waals surface area contributed by atoms with Crippen LogP contribution in [0.1, 0.15) is 12.8 Å². The summed E-state index contributed by atoms with van der Waals surface area (Å²) in [7, 11) is 0. The molecule has 3 N–H and O–H groups in total. The van der Waals surface area contributed by atoms with Crippen molar-refractivity contribution in [3.63, 3.8) is 0 Å². The molecule has 0 radical (unpaired) electrons. The number of nitrogens with one attached hydrogen (secondary N) is 1. The molecule has 0 saturated carbocycles. The average molecular weight is 245 g/mol. The van der Waals surface area contributed by atoms with Crippen molar-refractivity contribution in [2.45, 2.75) is 18.9 Å². The molecule has 1 aromatic rings. The van der Waals surface area contributed by atoms with Gasteiger partial charge in [-0.15, -0.1) is 0 Å². The van der Waals surface area contributed by atoms with Crippen molar-refractivity contribution in [1.29, 1.82) is 0 Å². The molecule has 0 amide bonds. The molecule has 1 saturated heterocycles. The molecule has 0 bridgehead atoms. The van der Waals surface area contributed by atoms with Crippen LogP contribution in [-0.2, 0) is 0 Å². The second-order valence-electron chi connectivity index (χ2n) is 3.49. The van der Waals surface area contributed by atoms with Gasteiger partial charge in [0.15, 0.2) is 0 Å². The number of nitrogens with two attached hydrogens (primary N) is 1. The van der Waals surface area contributed by atoms with Gasteiger partial charge in [-0.1, -0.05) is 11.6 Å². The minimum atomic E-state index is 0.216. The van der Waals surface area contributed by atoms with Crippen LogP contribution in [0.2, 0.25) is 5.15 Å². The highest BCUT2D eigenvalue weighted by Crippen LogP contribution is 2.21. The molecule has 2 rings (SSSR count). The van der Waals surface area contributed by atoms with Crippen LogP contribution in [0.4, 0.5) is 11.8 Å². The summed E-state index contributed by atoms with van der Waals surface area (Å²) in [6.45, 7) is 0. The van der Waals surface area contributed by atoms with E-state index in [9.17, 15) is 0 Å². The van der Waals surface area contributed by atoms with E-state index in [2.05, 4.69) is 15.3 Å². The smallest absolute Gasteiger partial charge is 0.223 e. The van der Waals surface area contributed by atoms with E-state index < -0.39 is 0 Å². The average Bonchev–Trinajstić information content (AvgIpc) is 2.17. The van der Waals surface area contributed by atoms with Crippen molar-refractivity contribution in [3.8, 4) is 0 Å². The van der Waals surface area contributed by atoms with Crippen molar-refractivity contribution in [2.75, 3.05) is 22.6 Å². The molecule has 1 aliphatic rings. The van der Waals surface area contributed by atoms with E-state index in [4.69, 9.17) is 17.3 Å². The van der Waals surface area contributed by atoms with E-state index in [-0.39, 0.29) is 5.95 Å². The SMILES string of the molecule is Nc1nc(Cl)cc(N[C@@H]2CCCSC2)n1. The number of halogens is 1. The molecular weight excluding hydrogens is 232 g/mol. The van der Waals surface area contributed by atoms with Gasteiger partial charge in [0.25, 0.3) is 0 Å².